The summed E-state index contributed by atoms with van der Waals surface area (Å²) in [6.07, 6.45) is 6.10. The molecule has 1 aromatic carbocycles. The van der Waals surface area contributed by atoms with Gasteiger partial charge in [-0.25, -0.2) is 24.1 Å². The molecule has 0 fully saturated rings. The van der Waals surface area contributed by atoms with Crippen LogP contribution in [0.25, 0.3) is 10.9 Å². The number of pyridine rings is 1. The number of methoxy groups -OCH3 is 1. The molecule has 1 aliphatic rings. The zero-order valence-corrected chi connectivity index (χ0v) is 22.8. The summed E-state index contributed by atoms with van der Waals surface area (Å²) < 4.78 is 18.8. The van der Waals surface area contributed by atoms with Crippen molar-refractivity contribution in [2.45, 2.75) is 57.6 Å². The van der Waals surface area contributed by atoms with Gasteiger partial charge >= 0.3 is 5.97 Å². The van der Waals surface area contributed by atoms with Crippen LogP contribution in [0.1, 0.15) is 42.5 Å². The first kappa shape index (κ1) is 28.6. The number of halogens is 1. The Balaban J connectivity index is 1.35. The third kappa shape index (κ3) is 7.83. The first-order valence-electron chi connectivity index (χ1n) is 13.7. The van der Waals surface area contributed by atoms with E-state index in [1.807, 2.05) is 25.1 Å². The number of aryl methyl sites for hydroxylation is 3. The molecular weight excluding hydrogens is 499 g/mol. The number of carboxylic acid groups (broad SMARTS) is 1. The van der Waals surface area contributed by atoms with Gasteiger partial charge in [-0.1, -0.05) is 18.2 Å². The lowest BCUT2D eigenvalue weighted by molar-refractivity contribution is -0.138. The van der Waals surface area contributed by atoms with Gasteiger partial charge in [-0.05, 0) is 75.3 Å². The summed E-state index contributed by atoms with van der Waals surface area (Å²) in [6.45, 7) is 3.92. The number of benzene rings is 1. The molecule has 210 valence electrons. The number of ether oxygens (including phenoxy) is 1. The molecule has 3 aromatic rings. The number of hydrogen-bond acceptors (Lipinski definition) is 8. The van der Waals surface area contributed by atoms with E-state index >= 15 is 0 Å². The van der Waals surface area contributed by atoms with Gasteiger partial charge in [0, 0.05) is 37.8 Å². The van der Waals surface area contributed by atoms with Crippen molar-refractivity contribution < 1.29 is 19.0 Å². The van der Waals surface area contributed by atoms with Gasteiger partial charge in [0.2, 0.25) is 0 Å². The number of hydrogen-bond donors (Lipinski definition) is 3. The molecule has 1 aliphatic heterocycles. The SMILES string of the molecule is CO[C@H](CF)CN(CCCCc1ccc2c(n1)NCCC2)CC[C@H](Nc1ncnc2c(C)cccc12)C(=O)O. The van der Waals surface area contributed by atoms with E-state index in [0.717, 1.165) is 66.6 Å². The second-order valence-electron chi connectivity index (χ2n) is 10.1. The number of aliphatic carboxylic acids is 1. The monoisotopic (exact) mass is 538 g/mol. The largest absolute Gasteiger partial charge is 0.480 e. The Hall–Kier alpha value is -3.37. The quantitative estimate of drug-likeness (QED) is 0.244. The number of alkyl halides is 1. The van der Waals surface area contributed by atoms with Crippen molar-refractivity contribution in [3.05, 3.63) is 53.5 Å². The van der Waals surface area contributed by atoms with E-state index in [1.54, 1.807) is 0 Å². The van der Waals surface area contributed by atoms with Gasteiger partial charge < -0.3 is 25.4 Å². The predicted octanol–water partition coefficient (Wildman–Crippen LogP) is 4.26. The molecular formula is C29H39FN6O3. The van der Waals surface area contributed by atoms with Gasteiger partial charge in [0.05, 0.1) is 11.6 Å². The van der Waals surface area contributed by atoms with E-state index in [4.69, 9.17) is 9.72 Å². The van der Waals surface area contributed by atoms with Crippen LogP contribution >= 0.6 is 0 Å². The summed E-state index contributed by atoms with van der Waals surface area (Å²) in [5.41, 5.74) is 4.13. The van der Waals surface area contributed by atoms with Gasteiger partial charge in [-0.3, -0.25) is 0 Å². The number of nitrogens with zero attached hydrogens (tertiary/aromatic N) is 4. The van der Waals surface area contributed by atoms with Crippen LogP contribution in [0, 0.1) is 6.92 Å². The highest BCUT2D eigenvalue weighted by atomic mass is 19.1. The Labute approximate surface area is 229 Å². The molecule has 4 rings (SSSR count). The van der Waals surface area contributed by atoms with Gasteiger partial charge in [-0.15, -0.1) is 0 Å². The molecule has 2 atom stereocenters. The number of nitrogens with one attached hydrogen (secondary N) is 2. The van der Waals surface area contributed by atoms with Crippen LogP contribution in [0.5, 0.6) is 0 Å². The Morgan fingerprint density at radius 1 is 1.23 bits per heavy atom. The van der Waals surface area contributed by atoms with E-state index in [9.17, 15) is 14.3 Å². The summed E-state index contributed by atoms with van der Waals surface area (Å²) in [4.78, 5) is 27.7. The standard InChI is InChI=1S/C29H39FN6O3/c1-20-7-5-10-24-26(20)32-19-33-28(24)35-25(29(37)38)13-16-36(18-23(17-30)39-2)15-4-3-9-22-12-11-21-8-6-14-31-27(21)34-22/h5,7,10-12,19,23,25H,3-4,6,8-9,13-18H2,1-2H3,(H,31,34)(H,37,38)(H,32,33,35)/t23-,25+/m1/s1. The molecule has 0 radical (unpaired) electrons. The Kier molecular flexibility index (Phi) is 10.4. The van der Waals surface area contributed by atoms with Crippen LogP contribution in [-0.4, -0.2) is 83.0 Å². The number of aromatic nitrogens is 3. The van der Waals surface area contributed by atoms with Gasteiger partial charge in [0.25, 0.3) is 0 Å². The first-order valence-corrected chi connectivity index (χ1v) is 13.7. The molecule has 0 spiro atoms. The van der Waals surface area contributed by atoms with Crippen LogP contribution < -0.4 is 10.6 Å². The fourth-order valence-electron chi connectivity index (χ4n) is 5.00. The van der Waals surface area contributed by atoms with Crippen LogP contribution in [-0.2, 0) is 22.4 Å². The lowest BCUT2D eigenvalue weighted by Crippen LogP contribution is -2.39. The molecule has 0 aliphatic carbocycles. The number of unbranched alkanes of at least 4 members (excludes halogenated alkanes) is 1. The number of carbonyl (C=O) groups is 1. The second kappa shape index (κ2) is 14.1. The Morgan fingerprint density at radius 2 is 2.10 bits per heavy atom. The normalized spacial score (nSPS) is 14.6. The molecule has 2 aromatic heterocycles. The van der Waals surface area contributed by atoms with Crippen LogP contribution in [0.4, 0.5) is 16.0 Å². The zero-order valence-electron chi connectivity index (χ0n) is 22.8. The lowest BCUT2D eigenvalue weighted by Gasteiger charge is -2.27. The van der Waals surface area contributed by atoms with Crippen molar-refractivity contribution in [3.8, 4) is 0 Å². The summed E-state index contributed by atoms with van der Waals surface area (Å²) in [7, 11) is 1.50. The number of anilines is 2. The van der Waals surface area contributed by atoms with E-state index in [-0.39, 0.29) is 0 Å². The highest BCUT2D eigenvalue weighted by Crippen LogP contribution is 2.23. The molecule has 3 N–H and O–H groups in total. The topological polar surface area (TPSA) is 113 Å². The zero-order chi connectivity index (χ0) is 27.6. The van der Waals surface area contributed by atoms with Gasteiger partial charge in [0.15, 0.2) is 0 Å². The van der Waals surface area contributed by atoms with Gasteiger partial charge in [0.1, 0.15) is 30.7 Å². The summed E-state index contributed by atoms with van der Waals surface area (Å²) >= 11 is 0. The van der Waals surface area contributed by atoms with Crippen molar-refractivity contribution in [2.24, 2.45) is 0 Å². The first-order chi connectivity index (χ1) is 19.0. The highest BCUT2D eigenvalue weighted by Gasteiger charge is 2.22. The third-order valence-electron chi connectivity index (χ3n) is 7.29. The molecule has 0 amide bonds. The van der Waals surface area contributed by atoms with Crippen molar-refractivity contribution in [3.63, 3.8) is 0 Å². The Morgan fingerprint density at radius 3 is 2.90 bits per heavy atom. The van der Waals surface area contributed by atoms with Crippen molar-refractivity contribution in [2.75, 3.05) is 50.6 Å². The summed E-state index contributed by atoms with van der Waals surface area (Å²) in [5, 5.41) is 17.2. The van der Waals surface area contributed by atoms with Crippen LogP contribution in [0.15, 0.2) is 36.7 Å². The highest BCUT2D eigenvalue weighted by molar-refractivity contribution is 5.92. The minimum Gasteiger partial charge on any atom is -0.480 e. The predicted molar refractivity (Wildman–Crippen MR) is 151 cm³/mol. The molecule has 0 saturated carbocycles. The number of carboxylic acids is 1. The molecule has 39 heavy (non-hydrogen) atoms. The summed E-state index contributed by atoms with van der Waals surface area (Å²) in [5.74, 6) is 0.536. The second-order valence-corrected chi connectivity index (χ2v) is 10.1. The fourth-order valence-corrected chi connectivity index (χ4v) is 5.00. The maximum atomic E-state index is 13.5. The maximum absolute atomic E-state index is 13.5. The maximum Gasteiger partial charge on any atom is 0.326 e. The van der Waals surface area contributed by atoms with Gasteiger partial charge in [-0.2, -0.15) is 0 Å². The van der Waals surface area contributed by atoms with E-state index in [1.165, 1.54) is 19.0 Å². The molecule has 9 nitrogen and oxygen atoms in total. The molecule has 0 unspecified atom stereocenters. The molecule has 0 bridgehead atoms. The van der Waals surface area contributed by atoms with Crippen molar-refractivity contribution in [1.82, 2.24) is 19.9 Å². The van der Waals surface area contributed by atoms with E-state index in [2.05, 4.69) is 37.6 Å². The number of para-hydroxylation sites is 1. The van der Waals surface area contributed by atoms with E-state index in [0.29, 0.717) is 31.9 Å². The lowest BCUT2D eigenvalue weighted by atomic mass is 10.1. The minimum atomic E-state index is -0.963. The number of fused-ring (bicyclic) bond motifs is 2. The Bertz CT molecular complexity index is 1240. The molecule has 0 saturated heterocycles. The molecule has 3 heterocycles. The average Bonchev–Trinajstić information content (AvgIpc) is 2.95. The van der Waals surface area contributed by atoms with Crippen LogP contribution in [0.2, 0.25) is 0 Å². The minimum absolute atomic E-state index is 0.327. The fraction of sp³-hybridized carbons (Fsp3) is 0.517. The summed E-state index contributed by atoms with van der Waals surface area (Å²) in [6, 6.07) is 9.16. The van der Waals surface area contributed by atoms with E-state index < -0.39 is 24.8 Å². The molecule has 10 heteroatoms. The van der Waals surface area contributed by atoms with Crippen molar-refractivity contribution >= 4 is 28.5 Å². The third-order valence-corrected chi connectivity index (χ3v) is 7.29. The van der Waals surface area contributed by atoms with Crippen molar-refractivity contribution in [1.29, 1.82) is 0 Å². The number of rotatable bonds is 15. The van der Waals surface area contributed by atoms with Crippen LogP contribution in [0.3, 0.4) is 0 Å². The smallest absolute Gasteiger partial charge is 0.326 e. The average molecular weight is 539 g/mol.